The summed E-state index contributed by atoms with van der Waals surface area (Å²) in [6, 6.07) is 17.5. The van der Waals surface area contributed by atoms with Crippen molar-refractivity contribution in [3.63, 3.8) is 0 Å². The summed E-state index contributed by atoms with van der Waals surface area (Å²) in [4.78, 5) is 23.3. The number of methoxy groups -OCH3 is 1. The van der Waals surface area contributed by atoms with Gasteiger partial charge in [-0.3, -0.25) is 9.80 Å². The minimum atomic E-state index is -1.82. The number of carboxylic acid groups (broad SMARTS) is 2. The van der Waals surface area contributed by atoms with Crippen LogP contribution in [0.3, 0.4) is 0 Å². The number of ether oxygens (including phenoxy) is 1. The Kier molecular flexibility index (Phi) is 9.31. The van der Waals surface area contributed by atoms with Crippen molar-refractivity contribution < 1.29 is 24.5 Å². The Morgan fingerprint density at radius 1 is 0.767 bits per heavy atom. The van der Waals surface area contributed by atoms with E-state index < -0.39 is 11.9 Å². The van der Waals surface area contributed by atoms with Crippen molar-refractivity contribution in [3.05, 3.63) is 65.2 Å². The summed E-state index contributed by atoms with van der Waals surface area (Å²) in [5.41, 5.74) is 4.21. The zero-order chi connectivity index (χ0) is 21.9. The lowest BCUT2D eigenvalue weighted by Crippen LogP contribution is -2.45. The lowest BCUT2D eigenvalue weighted by molar-refractivity contribution is -0.159. The zero-order valence-electron chi connectivity index (χ0n) is 17.6. The molecule has 1 aliphatic rings. The van der Waals surface area contributed by atoms with Crippen LogP contribution in [0.2, 0.25) is 0 Å². The van der Waals surface area contributed by atoms with Crippen molar-refractivity contribution in [1.29, 1.82) is 0 Å². The first-order valence-corrected chi connectivity index (χ1v) is 10.0. The number of nitrogens with zero attached hydrogens (tertiary/aromatic N) is 2. The monoisotopic (exact) mass is 414 g/mol. The molecule has 0 bridgehead atoms. The van der Waals surface area contributed by atoms with Gasteiger partial charge < -0.3 is 14.9 Å². The van der Waals surface area contributed by atoms with Gasteiger partial charge in [-0.1, -0.05) is 43.3 Å². The lowest BCUT2D eigenvalue weighted by Gasteiger charge is -2.34. The molecule has 3 rings (SSSR count). The summed E-state index contributed by atoms with van der Waals surface area (Å²) in [5, 5.41) is 14.8. The van der Waals surface area contributed by atoms with Gasteiger partial charge in [0.25, 0.3) is 0 Å². The maximum atomic E-state index is 9.10. The van der Waals surface area contributed by atoms with E-state index in [2.05, 4.69) is 53.1 Å². The number of benzene rings is 2. The van der Waals surface area contributed by atoms with Gasteiger partial charge in [0.1, 0.15) is 5.75 Å². The highest BCUT2D eigenvalue weighted by Crippen LogP contribution is 2.15. The first kappa shape index (κ1) is 23.4. The van der Waals surface area contributed by atoms with Gasteiger partial charge in [-0.2, -0.15) is 0 Å². The molecule has 162 valence electrons. The Balaban J connectivity index is 0.000000469. The molecule has 0 radical (unpaired) electrons. The van der Waals surface area contributed by atoms with Crippen molar-refractivity contribution >= 4 is 11.9 Å². The van der Waals surface area contributed by atoms with Crippen molar-refractivity contribution in [1.82, 2.24) is 9.80 Å². The molecule has 2 aromatic carbocycles. The molecule has 1 saturated heterocycles. The van der Waals surface area contributed by atoms with Crippen molar-refractivity contribution in [2.45, 2.75) is 26.4 Å². The van der Waals surface area contributed by atoms with E-state index in [1.54, 1.807) is 7.11 Å². The number of hydrogen-bond acceptors (Lipinski definition) is 5. The highest BCUT2D eigenvalue weighted by atomic mass is 16.5. The second-order valence-electron chi connectivity index (χ2n) is 7.18. The molecule has 0 unspecified atom stereocenters. The number of aryl methyl sites for hydroxylation is 1. The van der Waals surface area contributed by atoms with Gasteiger partial charge in [0.15, 0.2) is 0 Å². The van der Waals surface area contributed by atoms with Gasteiger partial charge in [-0.15, -0.1) is 0 Å². The van der Waals surface area contributed by atoms with E-state index in [-0.39, 0.29) is 0 Å². The summed E-state index contributed by atoms with van der Waals surface area (Å²) in [7, 11) is 1.71. The van der Waals surface area contributed by atoms with E-state index in [0.717, 1.165) is 51.4 Å². The lowest BCUT2D eigenvalue weighted by atomic mass is 10.1. The van der Waals surface area contributed by atoms with Crippen LogP contribution in [0, 0.1) is 0 Å². The van der Waals surface area contributed by atoms with E-state index >= 15 is 0 Å². The summed E-state index contributed by atoms with van der Waals surface area (Å²) in [5.74, 6) is -2.72. The molecule has 0 aromatic heterocycles. The third kappa shape index (κ3) is 7.85. The molecular formula is C23H30N2O5. The quantitative estimate of drug-likeness (QED) is 0.703. The van der Waals surface area contributed by atoms with Crippen molar-refractivity contribution in [3.8, 4) is 5.75 Å². The van der Waals surface area contributed by atoms with Crippen molar-refractivity contribution in [2.24, 2.45) is 0 Å². The van der Waals surface area contributed by atoms with Crippen LogP contribution >= 0.6 is 0 Å². The van der Waals surface area contributed by atoms with E-state index in [4.69, 9.17) is 24.5 Å². The first-order valence-electron chi connectivity index (χ1n) is 10.0. The molecule has 0 atom stereocenters. The van der Waals surface area contributed by atoms with Crippen LogP contribution in [0.4, 0.5) is 0 Å². The van der Waals surface area contributed by atoms with E-state index in [1.807, 2.05) is 12.1 Å². The minimum absolute atomic E-state index is 0.928. The Bertz CT molecular complexity index is 728. The van der Waals surface area contributed by atoms with Gasteiger partial charge in [0.05, 0.1) is 7.11 Å². The molecule has 0 amide bonds. The molecule has 2 aromatic rings. The molecule has 1 heterocycles. The van der Waals surface area contributed by atoms with Crippen LogP contribution in [-0.2, 0) is 29.1 Å². The fraction of sp³-hybridized carbons (Fsp3) is 0.391. The normalized spacial score (nSPS) is 14.5. The predicted octanol–water partition coefficient (Wildman–Crippen LogP) is 2.73. The second-order valence-corrected chi connectivity index (χ2v) is 7.18. The number of carboxylic acids is 2. The first-order chi connectivity index (χ1) is 14.4. The third-order valence-electron chi connectivity index (χ3n) is 5.05. The number of piperazine rings is 1. The summed E-state index contributed by atoms with van der Waals surface area (Å²) < 4.78 is 5.22. The Hall–Kier alpha value is -2.90. The smallest absolute Gasteiger partial charge is 0.414 e. The molecule has 7 nitrogen and oxygen atoms in total. The average Bonchev–Trinajstić information content (AvgIpc) is 2.76. The molecule has 1 fully saturated rings. The summed E-state index contributed by atoms with van der Waals surface area (Å²) in [6.45, 7) is 8.87. The fourth-order valence-electron chi connectivity index (χ4n) is 3.23. The number of carbonyl (C=O) groups is 2. The Morgan fingerprint density at radius 3 is 1.47 bits per heavy atom. The molecule has 30 heavy (non-hydrogen) atoms. The minimum Gasteiger partial charge on any atom is -0.497 e. The summed E-state index contributed by atoms with van der Waals surface area (Å²) in [6.07, 6.45) is 1.12. The largest absolute Gasteiger partial charge is 0.497 e. The topological polar surface area (TPSA) is 90.3 Å². The second kappa shape index (κ2) is 11.9. The highest BCUT2D eigenvalue weighted by Gasteiger charge is 2.17. The number of hydrogen-bond donors (Lipinski definition) is 2. The highest BCUT2D eigenvalue weighted by molar-refractivity contribution is 6.27. The predicted molar refractivity (Wildman–Crippen MR) is 115 cm³/mol. The van der Waals surface area contributed by atoms with Crippen LogP contribution in [0.25, 0.3) is 0 Å². The van der Waals surface area contributed by atoms with Crippen LogP contribution in [-0.4, -0.2) is 65.2 Å². The van der Waals surface area contributed by atoms with E-state index in [9.17, 15) is 0 Å². The molecule has 0 aliphatic carbocycles. The maximum absolute atomic E-state index is 9.10. The zero-order valence-corrected chi connectivity index (χ0v) is 17.6. The maximum Gasteiger partial charge on any atom is 0.414 e. The average molecular weight is 415 g/mol. The molecular weight excluding hydrogens is 384 g/mol. The SMILES string of the molecule is CCc1ccc(CN2CCN(Cc3ccc(OC)cc3)CC2)cc1.O=C(O)C(=O)O. The van der Waals surface area contributed by atoms with Gasteiger partial charge in [0, 0.05) is 39.3 Å². The standard InChI is InChI=1S/C21H28N2O.C2H2O4/c1-3-18-4-6-19(7-5-18)16-22-12-14-23(15-13-22)17-20-8-10-21(24-2)11-9-20;3-1(4)2(5)6/h4-11H,3,12-17H2,1-2H3;(H,3,4)(H,5,6). The van der Waals surface area contributed by atoms with Gasteiger partial charge in [-0.25, -0.2) is 9.59 Å². The van der Waals surface area contributed by atoms with Gasteiger partial charge in [-0.05, 0) is 35.2 Å². The van der Waals surface area contributed by atoms with Crippen LogP contribution in [0.1, 0.15) is 23.6 Å². The van der Waals surface area contributed by atoms with E-state index in [1.165, 1.54) is 16.7 Å². The van der Waals surface area contributed by atoms with Crippen molar-refractivity contribution in [2.75, 3.05) is 33.3 Å². The molecule has 7 heteroatoms. The molecule has 2 N–H and O–H groups in total. The number of aliphatic carboxylic acids is 2. The van der Waals surface area contributed by atoms with E-state index in [0.29, 0.717) is 0 Å². The van der Waals surface area contributed by atoms with Crippen LogP contribution in [0.5, 0.6) is 5.75 Å². The van der Waals surface area contributed by atoms with Crippen LogP contribution in [0.15, 0.2) is 48.5 Å². The Morgan fingerprint density at radius 2 is 1.13 bits per heavy atom. The Labute approximate surface area is 177 Å². The number of rotatable bonds is 6. The molecule has 0 saturated carbocycles. The summed E-state index contributed by atoms with van der Waals surface area (Å²) >= 11 is 0. The molecule has 1 aliphatic heterocycles. The van der Waals surface area contributed by atoms with Gasteiger partial charge >= 0.3 is 11.9 Å². The third-order valence-corrected chi connectivity index (χ3v) is 5.05. The van der Waals surface area contributed by atoms with Gasteiger partial charge in [0.2, 0.25) is 0 Å². The fourth-order valence-corrected chi connectivity index (χ4v) is 3.23. The van der Waals surface area contributed by atoms with Crippen LogP contribution < -0.4 is 4.74 Å². The molecule has 0 spiro atoms.